The van der Waals surface area contributed by atoms with E-state index in [1.807, 2.05) is 0 Å². The molecule has 0 bridgehead atoms. The van der Waals surface area contributed by atoms with Gasteiger partial charge in [-0.05, 0) is 35.6 Å². The fraction of sp³-hybridized carbons (Fsp3) is 0.333. The highest BCUT2D eigenvalue weighted by Crippen LogP contribution is 2.22. The van der Waals surface area contributed by atoms with E-state index in [0.29, 0.717) is 0 Å². The van der Waals surface area contributed by atoms with Crippen molar-refractivity contribution in [3.63, 3.8) is 0 Å². The van der Waals surface area contributed by atoms with Crippen molar-refractivity contribution in [2.24, 2.45) is 0 Å². The van der Waals surface area contributed by atoms with E-state index in [2.05, 4.69) is 9.72 Å². The first-order valence-electron chi connectivity index (χ1n) is 4.32. The fourth-order valence-corrected chi connectivity index (χ4v) is 1.35. The van der Waals surface area contributed by atoms with Crippen LogP contribution in [0, 0.1) is 3.70 Å². The Morgan fingerprint density at radius 1 is 1.62 bits per heavy atom. The normalized spacial score (nSPS) is 10.3. The van der Waals surface area contributed by atoms with Gasteiger partial charge < -0.3 is 9.47 Å². The van der Waals surface area contributed by atoms with Gasteiger partial charge in [0, 0.05) is 6.20 Å². The van der Waals surface area contributed by atoms with Gasteiger partial charge in [0.2, 0.25) is 0 Å². The van der Waals surface area contributed by atoms with Gasteiger partial charge in [0.1, 0.15) is 3.70 Å². The maximum Gasteiger partial charge on any atom is 0.387 e. The number of hydrogen-bond acceptors (Lipinski definition) is 4. The van der Waals surface area contributed by atoms with Crippen LogP contribution in [0.5, 0.6) is 5.75 Å². The van der Waals surface area contributed by atoms with Gasteiger partial charge in [-0.25, -0.2) is 9.78 Å². The molecule has 0 fully saturated rings. The minimum absolute atomic E-state index is 0.0814. The van der Waals surface area contributed by atoms with Gasteiger partial charge >= 0.3 is 12.6 Å². The SMILES string of the molecule is CCOC(=O)c1cnc(I)c(OC(F)F)c1. The van der Waals surface area contributed by atoms with Crippen LogP contribution >= 0.6 is 22.6 Å². The second kappa shape index (κ2) is 5.92. The number of halogens is 3. The molecule has 0 aromatic carbocycles. The minimum Gasteiger partial charge on any atom is -0.462 e. The third kappa shape index (κ3) is 3.54. The Morgan fingerprint density at radius 2 is 2.31 bits per heavy atom. The zero-order valence-corrected chi connectivity index (χ0v) is 10.4. The smallest absolute Gasteiger partial charge is 0.387 e. The molecule has 1 heterocycles. The van der Waals surface area contributed by atoms with Crippen LogP contribution in [0.3, 0.4) is 0 Å². The second-order valence-electron chi connectivity index (χ2n) is 2.61. The van der Waals surface area contributed by atoms with Crippen LogP contribution in [-0.2, 0) is 4.74 Å². The average Bonchev–Trinajstić information content (AvgIpc) is 2.21. The number of carbonyl (C=O) groups excluding carboxylic acids is 1. The molecule has 0 saturated heterocycles. The molecule has 0 N–H and O–H groups in total. The molecule has 0 amide bonds. The predicted octanol–water partition coefficient (Wildman–Crippen LogP) is 2.46. The van der Waals surface area contributed by atoms with E-state index in [9.17, 15) is 13.6 Å². The Kier molecular flexibility index (Phi) is 4.84. The lowest BCUT2D eigenvalue weighted by atomic mass is 10.3. The summed E-state index contributed by atoms with van der Waals surface area (Å²) in [5, 5.41) is 0. The largest absolute Gasteiger partial charge is 0.462 e. The molecule has 0 radical (unpaired) electrons. The third-order valence-corrected chi connectivity index (χ3v) is 2.34. The Bertz CT molecular complexity index is 387. The molecule has 0 aliphatic rings. The summed E-state index contributed by atoms with van der Waals surface area (Å²) in [6, 6.07) is 1.18. The Hall–Kier alpha value is -0.990. The average molecular weight is 343 g/mol. The quantitative estimate of drug-likeness (QED) is 0.479. The molecular formula is C9H8F2INO3. The predicted molar refractivity (Wildman–Crippen MR) is 59.5 cm³/mol. The van der Waals surface area contributed by atoms with Crippen molar-refractivity contribution in [3.05, 3.63) is 21.5 Å². The highest BCUT2D eigenvalue weighted by molar-refractivity contribution is 14.1. The number of ether oxygens (including phenoxy) is 2. The highest BCUT2D eigenvalue weighted by atomic mass is 127. The summed E-state index contributed by atoms with van der Waals surface area (Å²) >= 11 is 1.73. The zero-order chi connectivity index (χ0) is 12.1. The van der Waals surface area contributed by atoms with Crippen LogP contribution in [0.15, 0.2) is 12.3 Å². The van der Waals surface area contributed by atoms with Crippen molar-refractivity contribution in [2.75, 3.05) is 6.61 Å². The maximum atomic E-state index is 12.0. The topological polar surface area (TPSA) is 48.4 Å². The number of nitrogens with zero attached hydrogens (tertiary/aromatic N) is 1. The number of rotatable bonds is 4. The van der Waals surface area contributed by atoms with Crippen molar-refractivity contribution in [1.82, 2.24) is 4.98 Å². The molecule has 0 aliphatic carbocycles. The molecule has 88 valence electrons. The maximum absolute atomic E-state index is 12.0. The lowest BCUT2D eigenvalue weighted by Crippen LogP contribution is -2.09. The van der Waals surface area contributed by atoms with Gasteiger partial charge in [0.15, 0.2) is 5.75 Å². The molecule has 1 aromatic heterocycles. The van der Waals surface area contributed by atoms with Crippen LogP contribution in [0.2, 0.25) is 0 Å². The summed E-state index contributed by atoms with van der Waals surface area (Å²) in [5.74, 6) is -0.758. The summed E-state index contributed by atoms with van der Waals surface area (Å²) < 4.78 is 33.2. The number of carbonyl (C=O) groups is 1. The monoisotopic (exact) mass is 343 g/mol. The van der Waals surface area contributed by atoms with E-state index in [1.165, 1.54) is 12.3 Å². The fourth-order valence-electron chi connectivity index (χ4n) is 0.933. The van der Waals surface area contributed by atoms with E-state index in [-0.39, 0.29) is 21.6 Å². The molecule has 4 nitrogen and oxygen atoms in total. The molecule has 0 saturated carbocycles. The Balaban J connectivity index is 2.93. The standard InChI is InChI=1S/C9H8F2INO3/c1-2-15-8(14)5-3-6(16-9(10)11)7(12)13-4-5/h3-4,9H,2H2,1H3. The van der Waals surface area contributed by atoms with Gasteiger partial charge in [-0.15, -0.1) is 0 Å². The number of pyridine rings is 1. The third-order valence-electron chi connectivity index (χ3n) is 1.53. The minimum atomic E-state index is -2.95. The second-order valence-corrected chi connectivity index (χ2v) is 3.63. The number of alkyl halides is 2. The van der Waals surface area contributed by atoms with Crippen LogP contribution in [-0.4, -0.2) is 24.2 Å². The van der Waals surface area contributed by atoms with Gasteiger partial charge in [-0.2, -0.15) is 8.78 Å². The summed E-state index contributed by atoms with van der Waals surface area (Å²) in [4.78, 5) is 15.0. The molecule has 7 heteroatoms. The van der Waals surface area contributed by atoms with Crippen molar-refractivity contribution >= 4 is 28.6 Å². The molecule has 0 aliphatic heterocycles. The number of hydrogen-bond donors (Lipinski definition) is 0. The lowest BCUT2D eigenvalue weighted by Gasteiger charge is -2.07. The first-order chi connectivity index (χ1) is 7.54. The van der Waals surface area contributed by atoms with Crippen molar-refractivity contribution in [1.29, 1.82) is 0 Å². The van der Waals surface area contributed by atoms with Gasteiger partial charge in [0.25, 0.3) is 0 Å². The lowest BCUT2D eigenvalue weighted by molar-refractivity contribution is -0.0508. The molecule has 0 atom stereocenters. The van der Waals surface area contributed by atoms with Gasteiger partial charge in [0.05, 0.1) is 12.2 Å². The summed E-state index contributed by atoms with van der Waals surface area (Å²) in [5.41, 5.74) is 0.0814. The number of esters is 1. The van der Waals surface area contributed by atoms with Crippen molar-refractivity contribution in [2.45, 2.75) is 13.5 Å². The van der Waals surface area contributed by atoms with Gasteiger partial charge in [-0.3, -0.25) is 0 Å². The summed E-state index contributed by atoms with van der Waals surface area (Å²) in [7, 11) is 0. The van der Waals surface area contributed by atoms with E-state index >= 15 is 0 Å². The van der Waals surface area contributed by atoms with Crippen molar-refractivity contribution < 1.29 is 23.0 Å². The first kappa shape index (κ1) is 13.1. The Labute approximate surface area is 104 Å². The van der Waals surface area contributed by atoms with Crippen LogP contribution < -0.4 is 4.74 Å². The van der Waals surface area contributed by atoms with E-state index in [1.54, 1.807) is 29.5 Å². The molecule has 16 heavy (non-hydrogen) atoms. The molecule has 0 spiro atoms. The first-order valence-corrected chi connectivity index (χ1v) is 5.40. The van der Waals surface area contributed by atoms with Crippen LogP contribution in [0.25, 0.3) is 0 Å². The van der Waals surface area contributed by atoms with E-state index in [0.717, 1.165) is 0 Å². The van der Waals surface area contributed by atoms with E-state index in [4.69, 9.17) is 4.74 Å². The molecular weight excluding hydrogens is 335 g/mol. The van der Waals surface area contributed by atoms with Crippen LogP contribution in [0.4, 0.5) is 8.78 Å². The molecule has 1 rings (SSSR count). The van der Waals surface area contributed by atoms with Crippen molar-refractivity contribution in [3.8, 4) is 5.75 Å². The summed E-state index contributed by atoms with van der Waals surface area (Å²) in [6.45, 7) is -1.10. The highest BCUT2D eigenvalue weighted by Gasteiger charge is 2.14. The summed E-state index contributed by atoms with van der Waals surface area (Å²) in [6.07, 6.45) is 1.25. The number of aromatic nitrogens is 1. The Morgan fingerprint density at radius 3 is 2.88 bits per heavy atom. The molecule has 0 unspecified atom stereocenters. The van der Waals surface area contributed by atoms with Gasteiger partial charge in [-0.1, -0.05) is 0 Å². The zero-order valence-electron chi connectivity index (χ0n) is 8.25. The molecule has 1 aromatic rings. The van der Waals surface area contributed by atoms with Crippen LogP contribution in [0.1, 0.15) is 17.3 Å². The van der Waals surface area contributed by atoms with E-state index < -0.39 is 12.6 Å².